The molecule has 0 spiro atoms. The third kappa shape index (κ3) is 2.60. The van der Waals surface area contributed by atoms with E-state index in [9.17, 15) is 9.90 Å². The summed E-state index contributed by atoms with van der Waals surface area (Å²) in [6.45, 7) is 1.80. The van der Waals surface area contributed by atoms with Crippen molar-refractivity contribution < 1.29 is 14.4 Å². The van der Waals surface area contributed by atoms with Crippen molar-refractivity contribution in [1.82, 2.24) is 15.0 Å². The molecule has 0 bridgehead atoms. The minimum Gasteiger partial charge on any atom is -0.387 e. The fraction of sp³-hybridized carbons (Fsp3) is 0.250. The summed E-state index contributed by atoms with van der Waals surface area (Å²) in [7, 11) is 1.97. The Morgan fingerprint density at radius 1 is 1.45 bits per heavy atom. The molecule has 6 nitrogen and oxygen atoms in total. The Hall–Kier alpha value is -2.60. The van der Waals surface area contributed by atoms with E-state index in [0.29, 0.717) is 11.3 Å². The van der Waals surface area contributed by atoms with Crippen LogP contribution in [0.2, 0.25) is 0 Å². The second kappa shape index (κ2) is 5.65. The van der Waals surface area contributed by atoms with Crippen LogP contribution in [0, 0.1) is 6.92 Å². The highest BCUT2D eigenvalue weighted by molar-refractivity contribution is 5.94. The lowest BCUT2D eigenvalue weighted by molar-refractivity contribution is 0.0915. The number of fused-ring (bicyclic) bond motifs is 1. The Morgan fingerprint density at radius 2 is 2.27 bits per heavy atom. The van der Waals surface area contributed by atoms with E-state index in [1.807, 2.05) is 42.1 Å². The first-order valence-electron chi connectivity index (χ1n) is 6.99. The molecule has 1 atom stereocenters. The summed E-state index contributed by atoms with van der Waals surface area (Å²) in [5.41, 5.74) is 2.24. The molecule has 0 radical (unpaired) electrons. The van der Waals surface area contributed by atoms with Crippen LogP contribution >= 0.6 is 0 Å². The van der Waals surface area contributed by atoms with E-state index in [4.69, 9.17) is 4.52 Å². The minimum absolute atomic E-state index is 0.127. The van der Waals surface area contributed by atoms with Crippen LogP contribution in [0.1, 0.15) is 27.8 Å². The molecule has 1 amide bonds. The summed E-state index contributed by atoms with van der Waals surface area (Å²) in [5, 5.41) is 17.5. The van der Waals surface area contributed by atoms with Crippen LogP contribution in [-0.2, 0) is 7.05 Å². The molecule has 2 heterocycles. The van der Waals surface area contributed by atoms with Crippen LogP contribution in [0.25, 0.3) is 10.9 Å². The van der Waals surface area contributed by atoms with Crippen molar-refractivity contribution >= 4 is 16.8 Å². The lowest BCUT2D eigenvalue weighted by atomic mass is 10.1. The molecule has 3 rings (SSSR count). The van der Waals surface area contributed by atoms with Gasteiger partial charge >= 0.3 is 0 Å². The van der Waals surface area contributed by atoms with Gasteiger partial charge in [-0.15, -0.1) is 0 Å². The quantitative estimate of drug-likeness (QED) is 0.771. The second-order valence-electron chi connectivity index (χ2n) is 5.27. The number of carbonyl (C=O) groups excluding carboxylic acids is 1. The largest absolute Gasteiger partial charge is 0.387 e. The van der Waals surface area contributed by atoms with Gasteiger partial charge in [0, 0.05) is 25.3 Å². The molecule has 114 valence electrons. The number of nitrogens with zero attached hydrogens (tertiary/aromatic N) is 2. The van der Waals surface area contributed by atoms with Gasteiger partial charge in [0.05, 0.1) is 12.3 Å². The first-order chi connectivity index (χ1) is 10.6. The molecule has 1 unspecified atom stereocenters. The van der Waals surface area contributed by atoms with E-state index in [2.05, 4.69) is 10.5 Å². The highest BCUT2D eigenvalue weighted by atomic mass is 16.5. The molecule has 0 saturated carbocycles. The van der Waals surface area contributed by atoms with E-state index in [1.54, 1.807) is 6.92 Å². The number of aliphatic hydroxyl groups is 1. The van der Waals surface area contributed by atoms with Gasteiger partial charge in [0.2, 0.25) is 0 Å². The molecular formula is C16H17N3O3. The van der Waals surface area contributed by atoms with Crippen molar-refractivity contribution in [2.75, 3.05) is 6.54 Å². The molecule has 0 aliphatic heterocycles. The molecule has 3 aromatic rings. The average Bonchev–Trinajstić information content (AvgIpc) is 3.10. The molecule has 0 aliphatic rings. The molecule has 22 heavy (non-hydrogen) atoms. The third-order valence-corrected chi connectivity index (χ3v) is 3.75. The fourth-order valence-electron chi connectivity index (χ4n) is 2.43. The number of aryl methyl sites for hydroxylation is 2. The van der Waals surface area contributed by atoms with E-state index in [-0.39, 0.29) is 12.5 Å². The first kappa shape index (κ1) is 14.3. The Kier molecular flexibility index (Phi) is 3.68. The van der Waals surface area contributed by atoms with E-state index in [0.717, 1.165) is 16.5 Å². The first-order valence-corrected chi connectivity index (χ1v) is 6.99. The van der Waals surface area contributed by atoms with Gasteiger partial charge in [-0.3, -0.25) is 4.79 Å². The van der Waals surface area contributed by atoms with Crippen molar-refractivity contribution in [3.63, 3.8) is 0 Å². The number of nitrogens with one attached hydrogen (secondary N) is 1. The smallest absolute Gasteiger partial charge is 0.256 e. The van der Waals surface area contributed by atoms with Gasteiger partial charge in [-0.2, -0.15) is 0 Å². The zero-order valence-corrected chi connectivity index (χ0v) is 12.4. The highest BCUT2D eigenvalue weighted by Crippen LogP contribution is 2.21. The van der Waals surface area contributed by atoms with Crippen molar-refractivity contribution in [3.05, 3.63) is 53.5 Å². The van der Waals surface area contributed by atoms with Crippen LogP contribution in [0.15, 0.2) is 41.2 Å². The topological polar surface area (TPSA) is 80.3 Å². The number of hydrogen-bond acceptors (Lipinski definition) is 4. The predicted octanol–water partition coefficient (Wildman–Crippen LogP) is 1.94. The average molecular weight is 299 g/mol. The zero-order valence-electron chi connectivity index (χ0n) is 12.4. The number of amides is 1. The summed E-state index contributed by atoms with van der Waals surface area (Å²) in [5.74, 6) is 0.149. The Labute approximate surface area is 127 Å². The van der Waals surface area contributed by atoms with Gasteiger partial charge < -0.3 is 19.5 Å². The Balaban J connectivity index is 1.69. The van der Waals surface area contributed by atoms with Gasteiger partial charge in [0.1, 0.15) is 11.3 Å². The Morgan fingerprint density at radius 3 is 3.00 bits per heavy atom. The SMILES string of the molecule is Cc1oncc1C(=O)NCC(O)c1ccc2c(ccn2C)c1. The lowest BCUT2D eigenvalue weighted by Gasteiger charge is -2.12. The summed E-state index contributed by atoms with van der Waals surface area (Å²) in [6.07, 6.45) is 2.57. The number of benzene rings is 1. The number of rotatable bonds is 4. The summed E-state index contributed by atoms with van der Waals surface area (Å²) < 4.78 is 6.87. The monoisotopic (exact) mass is 299 g/mol. The molecular weight excluding hydrogens is 282 g/mol. The summed E-state index contributed by atoms with van der Waals surface area (Å²) >= 11 is 0. The second-order valence-corrected chi connectivity index (χ2v) is 5.27. The number of carbonyl (C=O) groups is 1. The van der Waals surface area contributed by atoms with Gasteiger partial charge in [-0.1, -0.05) is 11.2 Å². The van der Waals surface area contributed by atoms with Gasteiger partial charge in [0.15, 0.2) is 0 Å². The van der Waals surface area contributed by atoms with Crippen molar-refractivity contribution in [1.29, 1.82) is 0 Å². The maximum Gasteiger partial charge on any atom is 0.256 e. The fourth-order valence-corrected chi connectivity index (χ4v) is 2.43. The van der Waals surface area contributed by atoms with Crippen LogP contribution in [0.5, 0.6) is 0 Å². The molecule has 2 aromatic heterocycles. The van der Waals surface area contributed by atoms with Crippen molar-refractivity contribution in [2.45, 2.75) is 13.0 Å². The van der Waals surface area contributed by atoms with Crippen LogP contribution in [0.4, 0.5) is 0 Å². The van der Waals surface area contributed by atoms with Crippen molar-refractivity contribution in [2.24, 2.45) is 7.05 Å². The number of aromatic nitrogens is 2. The van der Waals surface area contributed by atoms with E-state index < -0.39 is 6.10 Å². The number of aliphatic hydroxyl groups excluding tert-OH is 1. The molecule has 0 fully saturated rings. The highest BCUT2D eigenvalue weighted by Gasteiger charge is 2.15. The van der Waals surface area contributed by atoms with E-state index >= 15 is 0 Å². The van der Waals surface area contributed by atoms with E-state index in [1.165, 1.54) is 6.20 Å². The normalized spacial score (nSPS) is 12.5. The maximum atomic E-state index is 12.0. The van der Waals surface area contributed by atoms with Gasteiger partial charge in [-0.25, -0.2) is 0 Å². The summed E-state index contributed by atoms with van der Waals surface area (Å²) in [4.78, 5) is 12.0. The van der Waals surface area contributed by atoms with Crippen LogP contribution in [-0.4, -0.2) is 27.3 Å². The van der Waals surface area contributed by atoms with Gasteiger partial charge in [-0.05, 0) is 36.1 Å². The Bertz CT molecular complexity index is 819. The summed E-state index contributed by atoms with van der Waals surface area (Å²) in [6, 6.07) is 7.74. The maximum absolute atomic E-state index is 12.0. The molecule has 0 aliphatic carbocycles. The molecule has 0 saturated heterocycles. The standard InChI is InChI=1S/C16H17N3O3/c1-10-13(8-18-22-10)16(21)17-9-15(20)12-3-4-14-11(7-12)5-6-19(14)2/h3-8,15,20H,9H2,1-2H3,(H,17,21). The number of hydrogen-bond donors (Lipinski definition) is 2. The third-order valence-electron chi connectivity index (χ3n) is 3.75. The van der Waals surface area contributed by atoms with Crippen molar-refractivity contribution in [3.8, 4) is 0 Å². The zero-order chi connectivity index (χ0) is 15.7. The van der Waals surface area contributed by atoms with Crippen LogP contribution in [0.3, 0.4) is 0 Å². The predicted molar refractivity (Wildman–Crippen MR) is 81.5 cm³/mol. The lowest BCUT2D eigenvalue weighted by Crippen LogP contribution is -2.28. The van der Waals surface area contributed by atoms with Crippen LogP contribution < -0.4 is 5.32 Å². The molecule has 6 heteroatoms. The van der Waals surface area contributed by atoms with Gasteiger partial charge in [0.25, 0.3) is 5.91 Å². The molecule has 1 aromatic carbocycles. The minimum atomic E-state index is -0.770. The molecule has 2 N–H and O–H groups in total.